The van der Waals surface area contributed by atoms with Crippen molar-refractivity contribution in [3.05, 3.63) is 36.5 Å². The molecule has 2 rings (SSSR count). The van der Waals surface area contributed by atoms with E-state index in [4.69, 9.17) is 28.5 Å². The molecule has 0 spiro atoms. The fraction of sp³-hybridized carbons (Fsp3) is 0.778. The van der Waals surface area contributed by atoms with Crippen LogP contribution in [0.2, 0.25) is 0 Å². The van der Waals surface area contributed by atoms with Gasteiger partial charge in [-0.25, -0.2) is 14.4 Å². The summed E-state index contributed by atoms with van der Waals surface area (Å²) in [5, 5.41) is 12.2. The third-order valence-electron chi connectivity index (χ3n) is 7.91. The molecule has 2 aliphatic heterocycles. The Morgan fingerprint density at radius 1 is 1.04 bits per heavy atom. The maximum atomic E-state index is 13.0. The van der Waals surface area contributed by atoms with Crippen LogP contribution in [0, 0.1) is 11.8 Å². The molecular weight excluding hydrogens is 604 g/mol. The maximum absolute atomic E-state index is 13.0. The van der Waals surface area contributed by atoms with Crippen LogP contribution in [0.3, 0.4) is 0 Å². The molecular formula is C36H62N2O9. The zero-order valence-corrected chi connectivity index (χ0v) is 30.7. The summed E-state index contributed by atoms with van der Waals surface area (Å²) in [5.41, 5.74) is -0.224. The normalized spacial score (nSPS) is 22.8. The van der Waals surface area contributed by atoms with Crippen molar-refractivity contribution in [2.75, 3.05) is 26.4 Å². The molecule has 0 aromatic carbocycles. The fourth-order valence-electron chi connectivity index (χ4n) is 5.08. The van der Waals surface area contributed by atoms with Crippen molar-refractivity contribution in [2.24, 2.45) is 11.8 Å². The molecule has 11 nitrogen and oxygen atoms in total. The fourth-order valence-corrected chi connectivity index (χ4v) is 5.08. The van der Waals surface area contributed by atoms with Gasteiger partial charge in [0.2, 0.25) is 0 Å². The molecule has 0 unspecified atom stereocenters. The lowest BCUT2D eigenvalue weighted by molar-refractivity contribution is -0.226. The van der Waals surface area contributed by atoms with Crippen molar-refractivity contribution in [3.8, 4) is 0 Å². The first kappa shape index (κ1) is 40.7. The Labute approximate surface area is 283 Å². The van der Waals surface area contributed by atoms with Gasteiger partial charge in [0, 0.05) is 19.0 Å². The number of aliphatic hydroxyl groups excluding tert-OH is 1. The lowest BCUT2D eigenvalue weighted by Gasteiger charge is -2.35. The molecule has 2 saturated heterocycles. The van der Waals surface area contributed by atoms with Crippen molar-refractivity contribution in [3.63, 3.8) is 0 Å². The van der Waals surface area contributed by atoms with E-state index in [9.17, 15) is 14.7 Å². The molecule has 0 aliphatic carbocycles. The summed E-state index contributed by atoms with van der Waals surface area (Å²) >= 11 is 0. The molecule has 0 bridgehead atoms. The second-order valence-electron chi connectivity index (χ2n) is 15.1. The highest BCUT2D eigenvalue weighted by molar-refractivity contribution is 5.68. The van der Waals surface area contributed by atoms with Gasteiger partial charge < -0.3 is 33.7 Å². The molecule has 0 saturated carbocycles. The minimum atomic E-state index is -0.875. The predicted molar refractivity (Wildman–Crippen MR) is 181 cm³/mol. The Hall–Kier alpha value is -2.44. The van der Waals surface area contributed by atoms with E-state index >= 15 is 0 Å². The van der Waals surface area contributed by atoms with E-state index in [1.54, 1.807) is 31.7 Å². The Morgan fingerprint density at radius 3 is 2.23 bits per heavy atom. The van der Waals surface area contributed by atoms with Crippen molar-refractivity contribution in [1.82, 2.24) is 9.96 Å². The van der Waals surface area contributed by atoms with Gasteiger partial charge in [0.1, 0.15) is 23.4 Å². The number of carbonyl (C=O) groups is 2. The zero-order chi connectivity index (χ0) is 35.6. The summed E-state index contributed by atoms with van der Waals surface area (Å²) < 4.78 is 29.1. The molecule has 1 N–H and O–H groups in total. The Morgan fingerprint density at radius 2 is 1.66 bits per heavy atom. The van der Waals surface area contributed by atoms with Crippen LogP contribution in [-0.2, 0) is 28.5 Å². The molecule has 2 amide bonds. The second kappa shape index (κ2) is 17.8. The summed E-state index contributed by atoms with van der Waals surface area (Å²) in [5.74, 6) is -0.769. The van der Waals surface area contributed by atoms with Gasteiger partial charge in [-0.05, 0) is 93.9 Å². The molecule has 270 valence electrons. The first-order valence-corrected chi connectivity index (χ1v) is 17.0. The Balaban J connectivity index is 1.92. The average Bonchev–Trinajstić information content (AvgIpc) is 3.27. The van der Waals surface area contributed by atoms with Crippen LogP contribution >= 0.6 is 0 Å². The van der Waals surface area contributed by atoms with Crippen LogP contribution < -0.4 is 0 Å². The van der Waals surface area contributed by atoms with Crippen LogP contribution in [0.15, 0.2) is 36.5 Å². The molecule has 0 aromatic rings. The number of amides is 2. The molecule has 5 atom stereocenters. The number of allylic oxidation sites excluding steroid dienone is 2. The van der Waals surface area contributed by atoms with E-state index < -0.39 is 35.3 Å². The van der Waals surface area contributed by atoms with E-state index in [1.807, 2.05) is 66.7 Å². The maximum Gasteiger partial charge on any atom is 0.434 e. The lowest BCUT2D eigenvalue weighted by Crippen LogP contribution is -2.45. The van der Waals surface area contributed by atoms with E-state index in [1.165, 1.54) is 5.06 Å². The van der Waals surface area contributed by atoms with Gasteiger partial charge in [0.15, 0.2) is 12.6 Å². The number of hydrogen-bond acceptors (Lipinski definition) is 9. The minimum Gasteiger partial charge on any atom is -0.444 e. The highest BCUT2D eigenvalue weighted by atomic mass is 16.8. The van der Waals surface area contributed by atoms with Crippen molar-refractivity contribution >= 4 is 12.2 Å². The van der Waals surface area contributed by atoms with Crippen LogP contribution in [0.5, 0.6) is 0 Å². The minimum absolute atomic E-state index is 0.0815. The van der Waals surface area contributed by atoms with Gasteiger partial charge in [-0.15, -0.1) is 0 Å². The Kier molecular flexibility index (Phi) is 15.4. The number of nitrogens with zero attached hydrogens (tertiary/aromatic N) is 2. The van der Waals surface area contributed by atoms with Gasteiger partial charge >= 0.3 is 12.2 Å². The summed E-state index contributed by atoms with van der Waals surface area (Å²) in [6.45, 7) is 25.8. The average molecular weight is 667 g/mol. The van der Waals surface area contributed by atoms with E-state index in [0.29, 0.717) is 38.9 Å². The number of hydrogen-bond donors (Lipinski definition) is 1. The SMILES string of the molecule is C=C(/C=C/C[C@@H]1OC(C)(C)O[C@@H]1[C@H](O)/C=C\[C@@H](C)[C@H](C)OCON(CC1CCN(C(=O)OC(C)(C)C)CC1)C(=O)OC(C)(C)C)CC. The van der Waals surface area contributed by atoms with Crippen molar-refractivity contribution in [2.45, 2.75) is 143 Å². The summed E-state index contributed by atoms with van der Waals surface area (Å²) in [6.07, 6.45) is 7.57. The van der Waals surface area contributed by atoms with Gasteiger partial charge in [0.25, 0.3) is 0 Å². The molecule has 0 aromatic heterocycles. The second-order valence-corrected chi connectivity index (χ2v) is 15.1. The van der Waals surface area contributed by atoms with Crippen molar-refractivity contribution < 1.29 is 43.2 Å². The number of carbonyl (C=O) groups excluding carboxylic acids is 2. The monoisotopic (exact) mass is 666 g/mol. The largest absolute Gasteiger partial charge is 0.444 e. The topological polar surface area (TPSA) is 116 Å². The number of ether oxygens (including phenoxy) is 5. The number of hydroxylamine groups is 2. The van der Waals surface area contributed by atoms with Gasteiger partial charge in [0.05, 0.1) is 18.8 Å². The molecule has 0 radical (unpaired) electrons. The van der Waals surface area contributed by atoms with Crippen LogP contribution in [0.1, 0.15) is 102 Å². The van der Waals surface area contributed by atoms with Crippen LogP contribution in [-0.4, -0.2) is 95.1 Å². The highest BCUT2D eigenvalue weighted by Crippen LogP contribution is 2.32. The number of piperidine rings is 1. The molecule has 11 heteroatoms. The van der Waals surface area contributed by atoms with Crippen LogP contribution in [0.4, 0.5) is 9.59 Å². The molecule has 2 aliphatic rings. The summed E-state index contributed by atoms with van der Waals surface area (Å²) in [4.78, 5) is 33.0. The predicted octanol–water partition coefficient (Wildman–Crippen LogP) is 7.15. The molecule has 2 fully saturated rings. The molecule has 47 heavy (non-hydrogen) atoms. The smallest absolute Gasteiger partial charge is 0.434 e. The van der Waals surface area contributed by atoms with Gasteiger partial charge in [-0.2, -0.15) is 5.06 Å². The van der Waals surface area contributed by atoms with Gasteiger partial charge in [-0.3, -0.25) is 0 Å². The number of aliphatic hydroxyl groups is 1. The van der Waals surface area contributed by atoms with Gasteiger partial charge in [-0.1, -0.05) is 50.3 Å². The highest BCUT2D eigenvalue weighted by Gasteiger charge is 2.43. The van der Waals surface area contributed by atoms with Crippen molar-refractivity contribution in [1.29, 1.82) is 0 Å². The quantitative estimate of drug-likeness (QED) is 0.0893. The summed E-state index contributed by atoms with van der Waals surface area (Å²) in [7, 11) is 0. The third kappa shape index (κ3) is 15.1. The Bertz CT molecular complexity index is 1070. The number of rotatable bonds is 14. The third-order valence-corrected chi connectivity index (χ3v) is 7.91. The lowest BCUT2D eigenvalue weighted by atomic mass is 9.97. The summed E-state index contributed by atoms with van der Waals surface area (Å²) in [6, 6.07) is 0. The molecule has 2 heterocycles. The first-order valence-electron chi connectivity index (χ1n) is 17.0. The van der Waals surface area contributed by atoms with E-state index in [2.05, 4.69) is 13.5 Å². The van der Waals surface area contributed by atoms with E-state index in [-0.39, 0.29) is 36.9 Å². The zero-order valence-electron chi connectivity index (χ0n) is 30.7. The standard InChI is InChI=1S/C36H62N2O9/c1-13-25(2)15-14-16-30-31(45-36(11,12)44-30)29(39)18-17-26(3)27(4)42-24-43-38(33(41)47-35(8,9)10)23-28-19-21-37(22-20-28)32(40)46-34(5,6)7/h14-15,17-18,26-31,39H,2,13,16,19-24H2,1,3-12H3/b15-14+,18-17-/t26-,27+,29-,30+,31-/m1/s1. The van der Waals surface area contributed by atoms with E-state index in [0.717, 1.165) is 12.0 Å². The first-order chi connectivity index (χ1) is 21.7. The van der Waals surface area contributed by atoms with Crippen LogP contribution in [0.25, 0.3) is 0 Å². The number of likely N-dealkylation sites (tertiary alicyclic amines) is 1.